The summed E-state index contributed by atoms with van der Waals surface area (Å²) in [6, 6.07) is 3.80. The second-order valence-electron chi connectivity index (χ2n) is 8.64. The molecule has 2 aliphatic carbocycles. The number of carbonyl (C=O) groups excluding carboxylic acids is 1. The first-order valence-electron chi connectivity index (χ1n) is 11.2. The number of hydrogen-bond donors (Lipinski definition) is 2. The van der Waals surface area contributed by atoms with Gasteiger partial charge in [0, 0.05) is 42.9 Å². The molecule has 4 rings (SSSR count). The summed E-state index contributed by atoms with van der Waals surface area (Å²) < 4.78 is 11.1. The molecule has 1 aromatic rings. The van der Waals surface area contributed by atoms with Crippen molar-refractivity contribution in [3.8, 4) is 5.88 Å². The number of aromatic nitrogens is 1. The van der Waals surface area contributed by atoms with Crippen LogP contribution in [0.15, 0.2) is 29.6 Å². The third kappa shape index (κ3) is 4.91. The molecule has 7 nitrogen and oxygen atoms in total. The van der Waals surface area contributed by atoms with Gasteiger partial charge in [-0.2, -0.15) is 0 Å². The van der Waals surface area contributed by atoms with Crippen LogP contribution in [-0.2, 0) is 9.53 Å². The van der Waals surface area contributed by atoms with Gasteiger partial charge in [0.05, 0.1) is 18.1 Å². The molecule has 1 saturated heterocycles. The Morgan fingerprint density at radius 3 is 2.97 bits per heavy atom. The molecule has 1 aliphatic heterocycles. The van der Waals surface area contributed by atoms with Crippen molar-refractivity contribution in [1.29, 1.82) is 5.41 Å². The maximum absolute atomic E-state index is 12.1. The molecular formula is C23H29ClN4O3S. The van der Waals surface area contributed by atoms with E-state index in [9.17, 15) is 4.79 Å². The summed E-state index contributed by atoms with van der Waals surface area (Å²) in [6.45, 7) is 5.50. The number of hydrogen-bond acceptors (Lipinski definition) is 7. The van der Waals surface area contributed by atoms with E-state index in [4.69, 9.17) is 38.7 Å². The number of halogens is 1. The van der Waals surface area contributed by atoms with Crippen LogP contribution in [0.2, 0.25) is 5.02 Å². The fourth-order valence-corrected chi connectivity index (χ4v) is 5.26. The van der Waals surface area contributed by atoms with E-state index in [1.54, 1.807) is 25.3 Å². The highest BCUT2D eigenvalue weighted by molar-refractivity contribution is 7.80. The number of ether oxygens (including phenoxy) is 2. The highest BCUT2D eigenvalue weighted by atomic mass is 35.5. The molecule has 32 heavy (non-hydrogen) atoms. The first-order chi connectivity index (χ1) is 15.4. The number of pyridine rings is 1. The summed E-state index contributed by atoms with van der Waals surface area (Å²) >= 11 is 11.9. The Labute approximate surface area is 199 Å². The topological polar surface area (TPSA) is 87.5 Å². The van der Waals surface area contributed by atoms with E-state index in [-0.39, 0.29) is 24.5 Å². The molecular weight excluding hydrogens is 448 g/mol. The fraction of sp³-hybridized carbons (Fsp3) is 0.565. The molecule has 2 N–H and O–H groups in total. The quantitative estimate of drug-likeness (QED) is 0.335. The van der Waals surface area contributed by atoms with Crippen LogP contribution in [0.3, 0.4) is 0 Å². The monoisotopic (exact) mass is 476 g/mol. The van der Waals surface area contributed by atoms with Gasteiger partial charge in [-0.1, -0.05) is 23.8 Å². The van der Waals surface area contributed by atoms with Crippen LogP contribution in [0.25, 0.3) is 0 Å². The third-order valence-corrected chi connectivity index (χ3v) is 7.10. The number of carbonyl (C=O) groups is 1. The standard InChI is InChI=1S/C23H29ClN4O3S/c1-3-30-23(29)21(25)20-16-10-14(16)11-18(20)27-12-19(32)28-8-6-15(9-13(28)2)31-22-17(24)5-4-7-26-22/h4-5,7,13-16,25,27H,3,6,8-12H2,1-2H3/t13-,14-,15-,16-/m1/s1. The molecule has 0 bridgehead atoms. The minimum atomic E-state index is -0.541. The summed E-state index contributed by atoms with van der Waals surface area (Å²) in [7, 11) is 0. The summed E-state index contributed by atoms with van der Waals surface area (Å²) in [4.78, 5) is 19.4. The van der Waals surface area contributed by atoms with Crippen LogP contribution >= 0.6 is 23.8 Å². The zero-order valence-electron chi connectivity index (χ0n) is 18.4. The van der Waals surface area contributed by atoms with E-state index in [0.29, 0.717) is 29.3 Å². The number of esters is 1. The summed E-state index contributed by atoms with van der Waals surface area (Å²) in [5.41, 5.74) is 1.79. The van der Waals surface area contributed by atoms with Gasteiger partial charge in [0.2, 0.25) is 5.88 Å². The average Bonchev–Trinajstić information content (AvgIpc) is 3.43. The van der Waals surface area contributed by atoms with Gasteiger partial charge >= 0.3 is 5.97 Å². The molecule has 172 valence electrons. The van der Waals surface area contributed by atoms with Crippen LogP contribution in [0.5, 0.6) is 5.88 Å². The Kier molecular flexibility index (Phi) is 7.00. The predicted molar refractivity (Wildman–Crippen MR) is 127 cm³/mol. The third-order valence-electron chi connectivity index (χ3n) is 6.44. The average molecular weight is 477 g/mol. The lowest BCUT2D eigenvalue weighted by atomic mass is 10.0. The van der Waals surface area contributed by atoms with Gasteiger partial charge in [-0.3, -0.25) is 5.41 Å². The van der Waals surface area contributed by atoms with E-state index in [2.05, 4.69) is 22.1 Å². The van der Waals surface area contributed by atoms with Crippen molar-refractivity contribution in [2.45, 2.75) is 51.7 Å². The number of fused-ring (bicyclic) bond motifs is 1. The van der Waals surface area contributed by atoms with E-state index < -0.39 is 5.97 Å². The van der Waals surface area contributed by atoms with E-state index in [0.717, 1.165) is 48.5 Å². The molecule has 9 heteroatoms. The minimum Gasteiger partial charge on any atom is -0.473 e. The van der Waals surface area contributed by atoms with Crippen molar-refractivity contribution in [1.82, 2.24) is 15.2 Å². The van der Waals surface area contributed by atoms with E-state index >= 15 is 0 Å². The van der Waals surface area contributed by atoms with Gasteiger partial charge in [-0.05, 0) is 50.7 Å². The van der Waals surface area contributed by atoms with Crippen LogP contribution in [-0.4, -0.2) is 58.4 Å². The number of likely N-dealkylation sites (tertiary alicyclic amines) is 1. The first-order valence-corrected chi connectivity index (χ1v) is 12.0. The molecule has 2 heterocycles. The lowest BCUT2D eigenvalue weighted by Crippen LogP contribution is -2.49. The number of nitrogens with zero attached hydrogens (tertiary/aromatic N) is 2. The normalized spacial score (nSPS) is 26.4. The van der Waals surface area contributed by atoms with E-state index in [1.807, 2.05) is 0 Å². The minimum absolute atomic E-state index is 0.00946. The predicted octanol–water partition coefficient (Wildman–Crippen LogP) is 3.76. The molecule has 4 atom stereocenters. The Hall–Kier alpha value is -2.19. The van der Waals surface area contributed by atoms with Gasteiger partial charge in [-0.25, -0.2) is 9.78 Å². The molecule has 1 saturated carbocycles. The second kappa shape index (κ2) is 9.75. The van der Waals surface area contributed by atoms with Crippen LogP contribution < -0.4 is 10.1 Å². The van der Waals surface area contributed by atoms with Gasteiger partial charge in [0.1, 0.15) is 16.8 Å². The van der Waals surface area contributed by atoms with Crippen molar-refractivity contribution >= 4 is 40.5 Å². The summed E-state index contributed by atoms with van der Waals surface area (Å²) in [6.07, 6.45) is 5.32. The van der Waals surface area contributed by atoms with Crippen molar-refractivity contribution in [2.24, 2.45) is 11.8 Å². The van der Waals surface area contributed by atoms with Crippen LogP contribution in [0.1, 0.15) is 39.5 Å². The number of rotatable bonds is 8. The zero-order valence-corrected chi connectivity index (χ0v) is 20.0. The Bertz CT molecular complexity index is 953. The number of thiocarbonyl (C=S) groups is 1. The van der Waals surface area contributed by atoms with Crippen molar-refractivity contribution in [3.63, 3.8) is 0 Å². The van der Waals surface area contributed by atoms with Crippen molar-refractivity contribution in [2.75, 3.05) is 19.7 Å². The van der Waals surface area contributed by atoms with Crippen molar-refractivity contribution < 1.29 is 14.3 Å². The number of nitrogens with one attached hydrogen (secondary N) is 2. The van der Waals surface area contributed by atoms with Gasteiger partial charge in [-0.15, -0.1) is 0 Å². The van der Waals surface area contributed by atoms with Crippen molar-refractivity contribution in [3.05, 3.63) is 34.6 Å². The molecule has 0 radical (unpaired) electrons. The Balaban J connectivity index is 1.32. The smallest absolute Gasteiger partial charge is 0.356 e. The highest BCUT2D eigenvalue weighted by Crippen LogP contribution is 2.54. The number of piperidine rings is 1. The summed E-state index contributed by atoms with van der Waals surface area (Å²) in [5.74, 6) is 0.794. The van der Waals surface area contributed by atoms with E-state index in [1.165, 1.54) is 0 Å². The number of allylic oxidation sites excluding steroid dienone is 1. The molecule has 0 spiro atoms. The molecule has 3 aliphatic rings. The lowest BCUT2D eigenvalue weighted by molar-refractivity contribution is -0.135. The molecule has 0 aromatic carbocycles. The second-order valence-corrected chi connectivity index (χ2v) is 9.52. The highest BCUT2D eigenvalue weighted by Gasteiger charge is 2.49. The molecule has 0 amide bonds. The fourth-order valence-electron chi connectivity index (χ4n) is 4.75. The molecule has 2 fully saturated rings. The SMILES string of the molecule is CCOC(=O)C(=N)C1=C(NCC(=S)N2CC[C@@H](Oc3ncccc3Cl)C[C@H]2C)C[C@H]2C[C@@H]12. The zero-order chi connectivity index (χ0) is 22.8. The largest absolute Gasteiger partial charge is 0.473 e. The molecule has 0 unspecified atom stereocenters. The van der Waals surface area contributed by atoms with Gasteiger partial charge < -0.3 is 19.7 Å². The van der Waals surface area contributed by atoms with Gasteiger partial charge in [0.15, 0.2) is 0 Å². The first kappa shape index (κ1) is 23.0. The summed E-state index contributed by atoms with van der Waals surface area (Å²) in [5, 5.41) is 12.2. The van der Waals surface area contributed by atoms with Crippen LogP contribution in [0.4, 0.5) is 0 Å². The van der Waals surface area contributed by atoms with Gasteiger partial charge in [0.25, 0.3) is 0 Å². The van der Waals surface area contributed by atoms with Crippen LogP contribution in [0, 0.1) is 17.2 Å². The molecule has 1 aromatic heterocycles. The lowest BCUT2D eigenvalue weighted by Gasteiger charge is -2.39. The maximum atomic E-state index is 12.1. The Morgan fingerprint density at radius 1 is 1.44 bits per heavy atom. The Morgan fingerprint density at radius 2 is 2.25 bits per heavy atom. The maximum Gasteiger partial charge on any atom is 0.356 e.